The zero-order valence-corrected chi connectivity index (χ0v) is 15.3. The molecule has 1 N–H and O–H groups in total. The number of carbonyl (C=O) groups is 1. The van der Waals surface area contributed by atoms with E-state index in [4.69, 9.17) is 26.3 Å². The zero-order chi connectivity index (χ0) is 20.1. The predicted molar refractivity (Wildman–Crippen MR) is 99.5 cm³/mol. The number of nitrogens with one attached hydrogen (secondary N) is 1. The molecular weight excluding hydrogens is 388 g/mol. The van der Waals surface area contributed by atoms with Gasteiger partial charge in [0.05, 0.1) is 35.0 Å². The van der Waals surface area contributed by atoms with Gasteiger partial charge in [-0.05, 0) is 12.1 Å². The van der Waals surface area contributed by atoms with Crippen molar-refractivity contribution in [2.75, 3.05) is 18.5 Å². The number of ether oxygens (including phenoxy) is 2. The van der Waals surface area contributed by atoms with E-state index in [1.54, 1.807) is 0 Å². The van der Waals surface area contributed by atoms with Crippen molar-refractivity contribution in [2.24, 2.45) is 0 Å². The highest BCUT2D eigenvalue weighted by Gasteiger charge is 2.19. The number of amides is 1. The van der Waals surface area contributed by atoms with Crippen molar-refractivity contribution >= 4 is 28.9 Å². The number of nitro benzene ring substituents is 1. The lowest BCUT2D eigenvalue weighted by Gasteiger charge is -2.23. The summed E-state index contributed by atoms with van der Waals surface area (Å²) in [5, 5.41) is 22.7. The third kappa shape index (κ3) is 4.54. The molecule has 1 amide bonds. The zero-order valence-electron chi connectivity index (χ0n) is 14.6. The smallest absolute Gasteiger partial charge is 0.270 e. The average Bonchev–Trinajstić information content (AvgIpc) is 2.70. The number of halogens is 1. The quantitative estimate of drug-likeness (QED) is 0.600. The average molecular weight is 403 g/mol. The fraction of sp³-hybridized carbons (Fsp3) is 0.278. The minimum atomic E-state index is -0.618. The molecule has 0 aliphatic carbocycles. The first-order chi connectivity index (χ1) is 13.5. The highest BCUT2D eigenvalue weighted by Crippen LogP contribution is 2.27. The molecule has 1 aliphatic heterocycles. The third-order valence-corrected chi connectivity index (χ3v) is 4.37. The molecule has 0 saturated carbocycles. The number of nitrogens with zero attached hydrogens (tertiary/aromatic N) is 3. The number of benzene rings is 1. The third-order valence-electron chi connectivity index (χ3n) is 4.10. The van der Waals surface area contributed by atoms with Crippen LogP contribution < -0.4 is 10.1 Å². The molecule has 1 aromatic carbocycles. The summed E-state index contributed by atoms with van der Waals surface area (Å²) in [6.07, 6.45) is 2.74. The van der Waals surface area contributed by atoms with Crippen LogP contribution in [-0.4, -0.2) is 35.1 Å². The molecule has 2 aromatic rings. The van der Waals surface area contributed by atoms with Crippen LogP contribution >= 0.6 is 11.6 Å². The molecule has 144 valence electrons. The molecule has 0 spiro atoms. The summed E-state index contributed by atoms with van der Waals surface area (Å²) < 4.78 is 11.0. The lowest BCUT2D eigenvalue weighted by molar-refractivity contribution is -0.384. The molecule has 3 rings (SSSR count). The molecule has 0 atom stereocenters. The van der Waals surface area contributed by atoms with Crippen molar-refractivity contribution in [3.63, 3.8) is 0 Å². The number of hydrogen-bond donors (Lipinski definition) is 1. The number of pyridine rings is 1. The Bertz CT molecular complexity index is 953. The van der Waals surface area contributed by atoms with Crippen LogP contribution in [0.25, 0.3) is 0 Å². The number of hydrogen-bond acceptors (Lipinski definition) is 7. The molecule has 10 heteroatoms. The Hall–Kier alpha value is -3.22. The van der Waals surface area contributed by atoms with Crippen molar-refractivity contribution in [1.82, 2.24) is 4.98 Å². The van der Waals surface area contributed by atoms with Gasteiger partial charge in [0, 0.05) is 31.2 Å². The van der Waals surface area contributed by atoms with E-state index in [-0.39, 0.29) is 39.5 Å². The van der Waals surface area contributed by atoms with Gasteiger partial charge in [-0.3, -0.25) is 14.9 Å². The normalized spacial score (nSPS) is 14.1. The van der Waals surface area contributed by atoms with E-state index in [1.807, 2.05) is 6.07 Å². The Balaban J connectivity index is 1.73. The minimum Gasteiger partial charge on any atom is -0.473 e. The summed E-state index contributed by atoms with van der Waals surface area (Å²) in [5.41, 5.74) is 0.0401. The second-order valence-corrected chi connectivity index (χ2v) is 6.40. The summed E-state index contributed by atoms with van der Waals surface area (Å²) in [5.74, 6) is -0.324. The molecular formula is C18H15ClN4O5. The predicted octanol–water partition coefficient (Wildman–Crippen LogP) is 3.32. The number of nitro groups is 1. The van der Waals surface area contributed by atoms with Crippen molar-refractivity contribution in [3.8, 4) is 11.9 Å². The highest BCUT2D eigenvalue weighted by molar-refractivity contribution is 6.32. The SMILES string of the molecule is N#Cc1cc([N+](=O)[O-])ccc1NC(=O)c1cnc(OC2CCOCC2)c(Cl)c1. The van der Waals surface area contributed by atoms with Gasteiger partial charge in [0.15, 0.2) is 0 Å². The molecule has 1 saturated heterocycles. The standard InChI is InChI=1S/C18H15ClN4O5/c19-15-8-12(10-21-18(15)28-14-3-5-27-6-4-14)17(24)22-16-2-1-13(23(25)26)7-11(16)9-20/h1-2,7-8,10,14H,3-6H2,(H,22,24). The van der Waals surface area contributed by atoms with Crippen LogP contribution in [0.15, 0.2) is 30.5 Å². The van der Waals surface area contributed by atoms with Gasteiger partial charge in [0.25, 0.3) is 11.6 Å². The molecule has 28 heavy (non-hydrogen) atoms. The van der Waals surface area contributed by atoms with Gasteiger partial charge in [-0.1, -0.05) is 11.6 Å². The first-order valence-electron chi connectivity index (χ1n) is 8.38. The number of rotatable bonds is 5. The van der Waals surface area contributed by atoms with E-state index in [9.17, 15) is 14.9 Å². The fourth-order valence-electron chi connectivity index (χ4n) is 2.63. The molecule has 2 heterocycles. The van der Waals surface area contributed by atoms with Crippen molar-refractivity contribution in [2.45, 2.75) is 18.9 Å². The van der Waals surface area contributed by atoms with Gasteiger partial charge in [-0.25, -0.2) is 4.98 Å². The fourth-order valence-corrected chi connectivity index (χ4v) is 2.84. The van der Waals surface area contributed by atoms with Gasteiger partial charge in [-0.2, -0.15) is 5.26 Å². The maximum atomic E-state index is 12.4. The first-order valence-corrected chi connectivity index (χ1v) is 8.75. The first kappa shape index (κ1) is 19.5. The molecule has 1 aliphatic rings. The molecule has 1 fully saturated rings. The summed E-state index contributed by atoms with van der Waals surface area (Å²) in [6, 6.07) is 6.82. The van der Waals surface area contributed by atoms with E-state index in [0.29, 0.717) is 13.2 Å². The molecule has 1 aromatic heterocycles. The Morgan fingerprint density at radius 1 is 1.39 bits per heavy atom. The van der Waals surface area contributed by atoms with Gasteiger partial charge in [0.1, 0.15) is 17.2 Å². The van der Waals surface area contributed by atoms with Crippen LogP contribution in [-0.2, 0) is 4.74 Å². The van der Waals surface area contributed by atoms with E-state index < -0.39 is 10.8 Å². The molecule has 0 unspecified atom stereocenters. The minimum absolute atomic E-state index is 0.0268. The van der Waals surface area contributed by atoms with E-state index in [1.165, 1.54) is 24.4 Å². The maximum Gasteiger partial charge on any atom is 0.270 e. The highest BCUT2D eigenvalue weighted by atomic mass is 35.5. The van der Waals surface area contributed by atoms with E-state index >= 15 is 0 Å². The van der Waals surface area contributed by atoms with Crippen molar-refractivity contribution < 1.29 is 19.2 Å². The van der Waals surface area contributed by atoms with Gasteiger partial charge in [0.2, 0.25) is 5.88 Å². The van der Waals surface area contributed by atoms with Gasteiger partial charge >= 0.3 is 0 Å². The molecule has 0 bridgehead atoms. The van der Waals surface area contributed by atoms with Crippen LogP contribution in [0.3, 0.4) is 0 Å². The second-order valence-electron chi connectivity index (χ2n) is 5.99. The van der Waals surface area contributed by atoms with Crippen LogP contribution in [0.1, 0.15) is 28.8 Å². The Kier molecular flexibility index (Phi) is 6.03. The van der Waals surface area contributed by atoms with Crippen LogP contribution in [0.4, 0.5) is 11.4 Å². The Labute approximate surface area is 165 Å². The number of non-ortho nitro benzene ring substituents is 1. The number of anilines is 1. The lowest BCUT2D eigenvalue weighted by atomic mass is 10.1. The monoisotopic (exact) mass is 402 g/mol. The van der Waals surface area contributed by atoms with E-state index in [2.05, 4.69) is 10.3 Å². The van der Waals surface area contributed by atoms with Crippen LogP contribution in [0.2, 0.25) is 5.02 Å². The Morgan fingerprint density at radius 3 is 2.79 bits per heavy atom. The van der Waals surface area contributed by atoms with Crippen LogP contribution in [0, 0.1) is 21.4 Å². The van der Waals surface area contributed by atoms with Crippen molar-refractivity contribution in [3.05, 3.63) is 56.7 Å². The topological polar surface area (TPSA) is 127 Å². The molecule has 0 radical (unpaired) electrons. The number of aromatic nitrogens is 1. The van der Waals surface area contributed by atoms with E-state index in [0.717, 1.165) is 18.9 Å². The summed E-state index contributed by atoms with van der Waals surface area (Å²) >= 11 is 6.18. The van der Waals surface area contributed by atoms with Gasteiger partial charge in [-0.15, -0.1) is 0 Å². The lowest BCUT2D eigenvalue weighted by Crippen LogP contribution is -2.26. The summed E-state index contributed by atoms with van der Waals surface area (Å²) in [4.78, 5) is 26.7. The molecule has 9 nitrogen and oxygen atoms in total. The largest absolute Gasteiger partial charge is 0.473 e. The second kappa shape index (κ2) is 8.65. The van der Waals surface area contributed by atoms with Gasteiger partial charge < -0.3 is 14.8 Å². The Morgan fingerprint density at radius 2 is 2.14 bits per heavy atom. The maximum absolute atomic E-state index is 12.4. The number of carbonyl (C=O) groups excluding carboxylic acids is 1. The van der Waals surface area contributed by atoms with Crippen molar-refractivity contribution in [1.29, 1.82) is 5.26 Å². The summed E-state index contributed by atoms with van der Waals surface area (Å²) in [6.45, 7) is 1.22. The summed E-state index contributed by atoms with van der Waals surface area (Å²) in [7, 11) is 0. The van der Waals surface area contributed by atoms with Crippen LogP contribution in [0.5, 0.6) is 5.88 Å². The number of nitriles is 1.